The molecule has 1 amide bonds. The molecule has 4 heterocycles. The van der Waals surface area contributed by atoms with Crippen LogP contribution in [-0.4, -0.2) is 62.5 Å². The summed E-state index contributed by atoms with van der Waals surface area (Å²) >= 11 is 1.46. The second-order valence-corrected chi connectivity index (χ2v) is 20.9. The summed E-state index contributed by atoms with van der Waals surface area (Å²) in [5.74, 6) is -0.0437. The van der Waals surface area contributed by atoms with E-state index in [0.29, 0.717) is 48.3 Å². The lowest BCUT2D eigenvalue weighted by Crippen LogP contribution is -2.57. The fraction of sp³-hybridized carbons (Fsp3) is 0.511. The number of amides is 1. The number of hydrogen-bond acceptors (Lipinski definition) is 10. The van der Waals surface area contributed by atoms with Crippen LogP contribution in [0.25, 0.3) is 21.3 Å². The number of esters is 1. The Morgan fingerprint density at radius 3 is 2.49 bits per heavy atom. The molecule has 8 rings (SSSR count). The number of aromatic nitrogens is 4. The first-order chi connectivity index (χ1) is 27.9. The van der Waals surface area contributed by atoms with Gasteiger partial charge in [-0.15, -0.1) is 0 Å². The van der Waals surface area contributed by atoms with Crippen molar-refractivity contribution in [3.05, 3.63) is 88.9 Å². The van der Waals surface area contributed by atoms with Gasteiger partial charge in [0.15, 0.2) is 10.8 Å². The maximum Gasteiger partial charge on any atom is 0.358 e. The number of nitrogens with one attached hydrogen (secondary N) is 1. The van der Waals surface area contributed by atoms with Crippen LogP contribution in [0.1, 0.15) is 118 Å². The van der Waals surface area contributed by atoms with E-state index in [-0.39, 0.29) is 33.4 Å². The molecule has 2 aromatic carbocycles. The fourth-order valence-corrected chi connectivity index (χ4v) is 12.2. The quantitative estimate of drug-likeness (QED) is 0.132. The van der Waals surface area contributed by atoms with Crippen molar-refractivity contribution < 1.29 is 19.1 Å². The number of pyridine rings is 1. The molecule has 59 heavy (non-hydrogen) atoms. The minimum absolute atomic E-state index is 0.0586. The molecule has 3 aromatic heterocycles. The van der Waals surface area contributed by atoms with Crippen LogP contribution in [0.15, 0.2) is 60.8 Å². The Morgan fingerprint density at radius 1 is 0.932 bits per heavy atom. The topological polar surface area (TPSA) is 137 Å². The minimum Gasteiger partial charge on any atom is -0.455 e. The molecule has 2 fully saturated rings. The summed E-state index contributed by atoms with van der Waals surface area (Å²) in [4.78, 5) is 39.6. The molecule has 0 radical (unpaired) electrons. The van der Waals surface area contributed by atoms with E-state index < -0.39 is 11.6 Å². The zero-order valence-electron chi connectivity index (χ0n) is 35.9. The molecule has 2 saturated carbocycles. The molecule has 12 heteroatoms. The van der Waals surface area contributed by atoms with Gasteiger partial charge < -0.3 is 20.1 Å². The fourth-order valence-electron chi connectivity index (χ4n) is 11.3. The number of carbonyl (C=O) groups excluding carboxylic acids is 2. The van der Waals surface area contributed by atoms with Gasteiger partial charge in [-0.1, -0.05) is 63.3 Å². The lowest BCUT2D eigenvalue weighted by molar-refractivity contribution is -0.192. The maximum absolute atomic E-state index is 14.1. The molecule has 11 nitrogen and oxygen atoms in total. The number of rotatable bonds is 10. The highest BCUT2D eigenvalue weighted by molar-refractivity contribution is 7.22. The number of anilines is 2. The molecule has 5 aromatic rings. The number of nitrogens with zero attached hydrogens (tertiary/aromatic N) is 5. The van der Waals surface area contributed by atoms with Crippen LogP contribution >= 0.6 is 11.3 Å². The Kier molecular flexibility index (Phi) is 10.5. The van der Waals surface area contributed by atoms with Crippen LogP contribution in [0.3, 0.4) is 0 Å². The number of hydrogen-bond donors (Lipinski definition) is 2. The third-order valence-electron chi connectivity index (χ3n) is 12.3. The van der Waals surface area contributed by atoms with Crippen LogP contribution in [0, 0.1) is 23.2 Å². The molecule has 3 N–H and O–H groups in total. The van der Waals surface area contributed by atoms with Crippen molar-refractivity contribution in [2.45, 2.75) is 118 Å². The molecule has 0 saturated heterocycles. The van der Waals surface area contributed by atoms with E-state index in [1.807, 2.05) is 75.5 Å². The van der Waals surface area contributed by atoms with Crippen LogP contribution in [0.5, 0.6) is 0 Å². The van der Waals surface area contributed by atoms with Gasteiger partial charge in [0, 0.05) is 48.6 Å². The molecule has 3 unspecified atom stereocenters. The second kappa shape index (κ2) is 15.1. The van der Waals surface area contributed by atoms with Crippen molar-refractivity contribution in [3.63, 3.8) is 0 Å². The molecular weight excluding hydrogens is 759 g/mol. The Morgan fingerprint density at radius 2 is 1.73 bits per heavy atom. The first-order valence-corrected chi connectivity index (χ1v) is 21.8. The Hall–Kier alpha value is -4.65. The smallest absolute Gasteiger partial charge is 0.358 e. The van der Waals surface area contributed by atoms with Gasteiger partial charge in [-0.3, -0.25) is 14.8 Å². The minimum atomic E-state index is -0.721. The highest BCUT2D eigenvalue weighted by atomic mass is 32.1. The van der Waals surface area contributed by atoms with Gasteiger partial charge in [-0.2, -0.15) is 5.10 Å². The molecule has 0 spiro atoms. The summed E-state index contributed by atoms with van der Waals surface area (Å²) in [6.45, 7) is 20.2. The normalized spacial score (nSPS) is 23.8. The molecule has 3 atom stereocenters. The van der Waals surface area contributed by atoms with Crippen LogP contribution in [0.2, 0.25) is 0 Å². The van der Waals surface area contributed by atoms with Crippen molar-refractivity contribution >= 4 is 44.4 Å². The SMILES string of the molecule is Cc1c(-c2ccc(N3CCc4cccc(C(=O)Nc5nc6ccccc6s5)c4C3)nc2C(=O)OC(C)(C)C)cnn1CC1(C)CC2(C)CC(C)(C)CC(OCCN)(C1)C2. The predicted octanol–water partition coefficient (Wildman–Crippen LogP) is 9.36. The van der Waals surface area contributed by atoms with Gasteiger partial charge in [0.1, 0.15) is 11.4 Å². The van der Waals surface area contributed by atoms with Crippen molar-refractivity contribution in [3.8, 4) is 11.1 Å². The van der Waals surface area contributed by atoms with E-state index >= 15 is 0 Å². The number of carbonyl (C=O) groups is 2. The van der Waals surface area contributed by atoms with Gasteiger partial charge in [-0.05, 0) is 124 Å². The van der Waals surface area contributed by atoms with Crippen molar-refractivity contribution in [2.75, 3.05) is 29.9 Å². The Bertz CT molecular complexity index is 2380. The van der Waals surface area contributed by atoms with Crippen molar-refractivity contribution in [1.82, 2.24) is 19.7 Å². The van der Waals surface area contributed by atoms with E-state index in [4.69, 9.17) is 25.3 Å². The lowest BCUT2D eigenvalue weighted by atomic mass is 9.48. The first kappa shape index (κ1) is 41.1. The average molecular weight is 818 g/mol. The van der Waals surface area contributed by atoms with Crippen LogP contribution < -0.4 is 16.0 Å². The number of fused-ring (bicyclic) bond motifs is 4. The molecular formula is C47H59N7O4S. The van der Waals surface area contributed by atoms with E-state index in [2.05, 4.69) is 60.6 Å². The number of ether oxygens (including phenoxy) is 2. The molecule has 2 aliphatic carbocycles. The Balaban J connectivity index is 1.08. The van der Waals surface area contributed by atoms with Gasteiger partial charge >= 0.3 is 5.97 Å². The van der Waals surface area contributed by atoms with E-state index in [1.165, 1.54) is 11.3 Å². The van der Waals surface area contributed by atoms with Gasteiger partial charge in [0.2, 0.25) is 0 Å². The number of benzene rings is 2. The third kappa shape index (κ3) is 8.54. The van der Waals surface area contributed by atoms with E-state index in [0.717, 1.165) is 77.7 Å². The molecule has 312 valence electrons. The number of thiazole rings is 1. The van der Waals surface area contributed by atoms with Crippen LogP contribution in [-0.2, 0) is 29.0 Å². The van der Waals surface area contributed by atoms with Crippen molar-refractivity contribution in [1.29, 1.82) is 0 Å². The van der Waals surface area contributed by atoms with Crippen LogP contribution in [0.4, 0.5) is 10.9 Å². The number of nitrogens with two attached hydrogens (primary N) is 1. The highest BCUT2D eigenvalue weighted by Crippen LogP contribution is 2.63. The lowest BCUT2D eigenvalue weighted by Gasteiger charge is -2.61. The third-order valence-corrected chi connectivity index (χ3v) is 13.3. The maximum atomic E-state index is 14.1. The zero-order chi connectivity index (χ0) is 42.0. The zero-order valence-corrected chi connectivity index (χ0v) is 36.7. The average Bonchev–Trinajstić information content (AvgIpc) is 3.72. The largest absolute Gasteiger partial charge is 0.455 e. The molecule has 1 aliphatic heterocycles. The van der Waals surface area contributed by atoms with Crippen molar-refractivity contribution in [2.24, 2.45) is 22.0 Å². The predicted molar refractivity (Wildman–Crippen MR) is 235 cm³/mol. The van der Waals surface area contributed by atoms with Gasteiger partial charge in [0.05, 0.1) is 28.6 Å². The first-order valence-electron chi connectivity index (χ1n) is 21.0. The highest BCUT2D eigenvalue weighted by Gasteiger charge is 2.58. The Labute approximate surface area is 352 Å². The molecule has 2 bridgehead atoms. The van der Waals surface area contributed by atoms with Gasteiger partial charge in [-0.25, -0.2) is 14.8 Å². The summed E-state index contributed by atoms with van der Waals surface area (Å²) in [7, 11) is 0. The van der Waals surface area contributed by atoms with E-state index in [1.54, 1.807) is 0 Å². The molecule has 3 aliphatic rings. The summed E-state index contributed by atoms with van der Waals surface area (Å²) in [6.07, 6.45) is 7.85. The summed E-state index contributed by atoms with van der Waals surface area (Å²) in [6, 6.07) is 17.7. The van der Waals surface area contributed by atoms with Gasteiger partial charge in [0.25, 0.3) is 5.91 Å². The summed E-state index contributed by atoms with van der Waals surface area (Å²) < 4.78 is 15.8. The summed E-state index contributed by atoms with van der Waals surface area (Å²) in [5.41, 5.74) is 11.6. The monoisotopic (exact) mass is 817 g/mol. The second-order valence-electron chi connectivity index (χ2n) is 19.9. The summed E-state index contributed by atoms with van der Waals surface area (Å²) in [5, 5.41) is 8.57. The van der Waals surface area contributed by atoms with E-state index in [9.17, 15) is 9.59 Å². The number of para-hydroxylation sites is 1. The standard InChI is InChI=1S/C47H59N7O4S/c1-30-34(22-49-54(30)29-46(8)26-45(7)24-44(5,6)25-47(27-45,28-46)57-21-19-48)32-16-17-38(51-39(32)41(56)58-43(2,3)4)53-20-18-31-12-11-13-33(35(31)23-53)40(55)52-42-50-36-14-9-10-15-37(36)59-42/h9-17,22H,18-21,23-29,48H2,1-8H3,(H,50,52,55).